The number of amides is 2. The van der Waals surface area contributed by atoms with Crippen LogP contribution in [0.2, 0.25) is 0 Å². The van der Waals surface area contributed by atoms with Crippen molar-refractivity contribution < 1.29 is 19.1 Å². The SMILES string of the molecule is O=C(CN(Cc1ccccc1)C(=O)Cl)OCCCCN(Cc1ccccc1)C(=O)Cl. The van der Waals surface area contributed by atoms with E-state index in [-0.39, 0.29) is 19.7 Å². The highest BCUT2D eigenvalue weighted by molar-refractivity contribution is 6.63. The lowest BCUT2D eigenvalue weighted by Crippen LogP contribution is -2.32. The number of carbonyl (C=O) groups excluding carboxylic acids is 3. The lowest BCUT2D eigenvalue weighted by molar-refractivity contribution is -0.144. The maximum Gasteiger partial charge on any atom is 0.325 e. The van der Waals surface area contributed by atoms with Gasteiger partial charge in [-0.1, -0.05) is 60.7 Å². The Balaban J connectivity index is 1.70. The van der Waals surface area contributed by atoms with Gasteiger partial charge in [0.2, 0.25) is 0 Å². The van der Waals surface area contributed by atoms with Crippen molar-refractivity contribution in [3.05, 3.63) is 71.8 Å². The fourth-order valence-electron chi connectivity index (χ4n) is 2.81. The quantitative estimate of drug-likeness (QED) is 0.208. The molecule has 2 aromatic carbocycles. The van der Waals surface area contributed by atoms with Crippen LogP contribution >= 0.6 is 23.2 Å². The van der Waals surface area contributed by atoms with E-state index in [9.17, 15) is 14.4 Å². The van der Waals surface area contributed by atoms with Gasteiger partial charge in [0, 0.05) is 19.6 Å². The van der Waals surface area contributed by atoms with Gasteiger partial charge in [0.1, 0.15) is 6.54 Å². The highest BCUT2D eigenvalue weighted by atomic mass is 35.5. The number of hydrogen-bond donors (Lipinski definition) is 0. The van der Waals surface area contributed by atoms with Crippen LogP contribution < -0.4 is 0 Å². The highest BCUT2D eigenvalue weighted by Crippen LogP contribution is 2.10. The number of halogens is 2. The van der Waals surface area contributed by atoms with Crippen LogP contribution in [0, 0.1) is 0 Å². The maximum absolute atomic E-state index is 12.0. The van der Waals surface area contributed by atoms with E-state index in [2.05, 4.69) is 0 Å². The predicted molar refractivity (Wildman–Crippen MR) is 116 cm³/mol. The Hall–Kier alpha value is -2.57. The van der Waals surface area contributed by atoms with E-state index in [0.29, 0.717) is 25.9 Å². The molecule has 0 spiro atoms. The Labute approximate surface area is 186 Å². The van der Waals surface area contributed by atoms with Crippen molar-refractivity contribution in [1.29, 1.82) is 0 Å². The summed E-state index contributed by atoms with van der Waals surface area (Å²) in [6.45, 7) is 1.07. The van der Waals surface area contributed by atoms with Gasteiger partial charge in [-0.25, -0.2) is 0 Å². The van der Waals surface area contributed by atoms with E-state index in [1.807, 2.05) is 60.7 Å². The van der Waals surface area contributed by atoms with Gasteiger partial charge in [-0.3, -0.25) is 14.4 Å². The predicted octanol–water partition coefficient (Wildman–Crippen LogP) is 5.03. The van der Waals surface area contributed by atoms with Crippen LogP contribution in [0.15, 0.2) is 60.7 Å². The van der Waals surface area contributed by atoms with Gasteiger partial charge >= 0.3 is 16.7 Å². The molecule has 0 aliphatic heterocycles. The number of esters is 1. The second-order valence-corrected chi connectivity index (χ2v) is 7.33. The minimum atomic E-state index is -0.715. The number of benzene rings is 2. The lowest BCUT2D eigenvalue weighted by atomic mass is 10.2. The molecule has 0 heterocycles. The van der Waals surface area contributed by atoms with Gasteiger partial charge < -0.3 is 14.5 Å². The Kier molecular flexibility index (Phi) is 10.2. The smallest absolute Gasteiger partial charge is 0.325 e. The van der Waals surface area contributed by atoms with Gasteiger partial charge in [0.25, 0.3) is 0 Å². The van der Waals surface area contributed by atoms with E-state index in [1.165, 1.54) is 9.80 Å². The molecule has 0 bridgehead atoms. The summed E-state index contributed by atoms with van der Waals surface area (Å²) < 4.78 is 5.19. The van der Waals surface area contributed by atoms with Gasteiger partial charge in [-0.05, 0) is 47.2 Å². The van der Waals surface area contributed by atoms with Crippen molar-refractivity contribution in [2.24, 2.45) is 0 Å². The molecule has 0 unspecified atom stereocenters. The average Bonchev–Trinajstić information content (AvgIpc) is 2.73. The second-order valence-electron chi connectivity index (χ2n) is 6.68. The summed E-state index contributed by atoms with van der Waals surface area (Å²) in [6.07, 6.45) is 1.19. The summed E-state index contributed by atoms with van der Waals surface area (Å²) in [7, 11) is 0. The van der Waals surface area contributed by atoms with Crippen LogP contribution in [-0.2, 0) is 22.6 Å². The zero-order valence-corrected chi connectivity index (χ0v) is 18.0. The molecule has 2 amide bonds. The minimum Gasteiger partial charge on any atom is -0.464 e. The Bertz CT molecular complexity index is 818. The van der Waals surface area contributed by atoms with Crippen LogP contribution in [0.3, 0.4) is 0 Å². The van der Waals surface area contributed by atoms with E-state index >= 15 is 0 Å². The Morgan fingerprint density at radius 2 is 1.23 bits per heavy atom. The molecule has 8 heteroatoms. The first-order valence-corrected chi connectivity index (χ1v) is 10.3. The first-order valence-electron chi connectivity index (χ1n) is 9.58. The van der Waals surface area contributed by atoms with E-state index in [0.717, 1.165) is 11.1 Å². The number of rotatable bonds is 11. The van der Waals surface area contributed by atoms with Crippen LogP contribution in [0.4, 0.5) is 9.59 Å². The monoisotopic (exact) mass is 450 g/mol. The number of carbonyl (C=O) groups is 3. The summed E-state index contributed by atoms with van der Waals surface area (Å²) >= 11 is 11.2. The molecule has 0 N–H and O–H groups in total. The summed E-state index contributed by atoms with van der Waals surface area (Å²) in [6, 6.07) is 18.8. The molecule has 160 valence electrons. The van der Waals surface area contributed by atoms with Crippen molar-refractivity contribution in [1.82, 2.24) is 9.80 Å². The van der Waals surface area contributed by atoms with Crippen molar-refractivity contribution >= 4 is 39.9 Å². The molecule has 0 atom stereocenters. The Morgan fingerprint density at radius 1 is 0.733 bits per heavy atom. The number of unbranched alkanes of at least 4 members (excludes halogenated alkanes) is 1. The molecule has 0 saturated heterocycles. The summed E-state index contributed by atoms with van der Waals surface area (Å²) in [5.41, 5.74) is 1.85. The molecule has 0 aliphatic rings. The zero-order chi connectivity index (χ0) is 21.8. The van der Waals surface area contributed by atoms with Crippen LogP contribution in [0.25, 0.3) is 0 Å². The molecule has 0 radical (unpaired) electrons. The van der Waals surface area contributed by atoms with Crippen LogP contribution in [0.5, 0.6) is 0 Å². The summed E-state index contributed by atoms with van der Waals surface area (Å²) in [4.78, 5) is 38.0. The summed E-state index contributed by atoms with van der Waals surface area (Å²) in [5.74, 6) is -0.533. The first kappa shape index (κ1) is 23.7. The average molecular weight is 451 g/mol. The molecule has 2 rings (SSSR count). The fraction of sp³-hybridized carbons (Fsp3) is 0.318. The van der Waals surface area contributed by atoms with Gasteiger partial charge in [0.15, 0.2) is 0 Å². The molecule has 30 heavy (non-hydrogen) atoms. The Morgan fingerprint density at radius 3 is 1.73 bits per heavy atom. The van der Waals surface area contributed by atoms with Crippen LogP contribution in [0.1, 0.15) is 24.0 Å². The third-order valence-electron chi connectivity index (χ3n) is 4.34. The molecule has 6 nitrogen and oxygen atoms in total. The fourth-order valence-corrected chi connectivity index (χ4v) is 3.07. The maximum atomic E-state index is 12.0. The molecular formula is C22H24Cl2N2O4. The first-order chi connectivity index (χ1) is 14.5. The number of ether oxygens (including phenoxy) is 1. The van der Waals surface area contributed by atoms with E-state index in [4.69, 9.17) is 27.9 Å². The lowest BCUT2D eigenvalue weighted by Gasteiger charge is -2.20. The zero-order valence-electron chi connectivity index (χ0n) is 16.5. The second kappa shape index (κ2) is 12.9. The molecule has 0 aliphatic carbocycles. The third-order valence-corrected chi connectivity index (χ3v) is 4.81. The van der Waals surface area contributed by atoms with Gasteiger partial charge in [-0.2, -0.15) is 0 Å². The van der Waals surface area contributed by atoms with Gasteiger partial charge in [-0.15, -0.1) is 0 Å². The van der Waals surface area contributed by atoms with Crippen molar-refractivity contribution in [3.63, 3.8) is 0 Å². The van der Waals surface area contributed by atoms with Crippen LogP contribution in [-0.4, -0.2) is 46.2 Å². The third kappa shape index (κ3) is 8.84. The largest absolute Gasteiger partial charge is 0.464 e. The normalized spacial score (nSPS) is 10.3. The standard InChI is InChI=1S/C22H24Cl2N2O4/c23-21(28)25(15-18-9-3-1-4-10-18)13-7-8-14-30-20(27)17-26(22(24)29)16-19-11-5-2-6-12-19/h1-6,9-12H,7-8,13-17H2. The molecular weight excluding hydrogens is 427 g/mol. The number of hydrogen-bond acceptors (Lipinski definition) is 4. The summed E-state index contributed by atoms with van der Waals surface area (Å²) in [5, 5.41) is -1.24. The van der Waals surface area contributed by atoms with Gasteiger partial charge in [0.05, 0.1) is 6.61 Å². The topological polar surface area (TPSA) is 66.9 Å². The number of nitrogens with zero attached hydrogens (tertiary/aromatic N) is 2. The van der Waals surface area contributed by atoms with E-state index < -0.39 is 16.7 Å². The molecule has 2 aromatic rings. The molecule has 0 saturated carbocycles. The minimum absolute atomic E-state index is 0.185. The highest BCUT2D eigenvalue weighted by Gasteiger charge is 2.17. The molecule has 0 aromatic heterocycles. The van der Waals surface area contributed by atoms with Crippen molar-refractivity contribution in [2.45, 2.75) is 25.9 Å². The van der Waals surface area contributed by atoms with Crippen molar-refractivity contribution in [2.75, 3.05) is 19.7 Å². The van der Waals surface area contributed by atoms with Crippen molar-refractivity contribution in [3.8, 4) is 0 Å². The molecule has 0 fully saturated rings. The van der Waals surface area contributed by atoms with E-state index in [1.54, 1.807) is 0 Å².